The van der Waals surface area contributed by atoms with Crippen molar-refractivity contribution in [3.63, 3.8) is 0 Å². The summed E-state index contributed by atoms with van der Waals surface area (Å²) in [5.74, 6) is 1.74. The number of aromatic amines is 1. The number of ether oxygens (including phenoxy) is 1. The summed E-state index contributed by atoms with van der Waals surface area (Å²) in [5, 5.41) is 5.33. The Morgan fingerprint density at radius 1 is 1.12 bits per heavy atom. The van der Waals surface area contributed by atoms with Gasteiger partial charge in [0.1, 0.15) is 11.5 Å². The van der Waals surface area contributed by atoms with Crippen LogP contribution < -0.4 is 10.1 Å². The molecule has 0 radical (unpaired) electrons. The first-order chi connectivity index (χ1) is 15.4. The normalized spacial score (nSPS) is 11.0. The molecule has 0 fully saturated rings. The summed E-state index contributed by atoms with van der Waals surface area (Å²) in [5.41, 5.74) is 6.95. The zero-order valence-corrected chi connectivity index (χ0v) is 19.8. The second-order valence-electron chi connectivity index (χ2n) is 8.14. The van der Waals surface area contributed by atoms with Gasteiger partial charge in [-0.05, 0) is 92.5 Å². The van der Waals surface area contributed by atoms with Gasteiger partial charge in [-0.3, -0.25) is 0 Å². The minimum atomic E-state index is 0.606. The summed E-state index contributed by atoms with van der Waals surface area (Å²) in [7, 11) is 1.70. The van der Waals surface area contributed by atoms with Gasteiger partial charge in [0.25, 0.3) is 0 Å². The van der Waals surface area contributed by atoms with Crippen LogP contribution in [0.25, 0.3) is 10.9 Å². The van der Waals surface area contributed by atoms with Crippen molar-refractivity contribution in [2.75, 3.05) is 19.0 Å². The maximum absolute atomic E-state index is 5.84. The Kier molecular flexibility index (Phi) is 6.51. The van der Waals surface area contributed by atoms with E-state index in [1.165, 1.54) is 22.2 Å². The summed E-state index contributed by atoms with van der Waals surface area (Å²) < 4.78 is 11.1. The highest BCUT2D eigenvalue weighted by Crippen LogP contribution is 2.27. The van der Waals surface area contributed by atoms with E-state index in [2.05, 4.69) is 66.3 Å². The van der Waals surface area contributed by atoms with Crippen molar-refractivity contribution in [1.29, 1.82) is 0 Å². The van der Waals surface area contributed by atoms with Crippen molar-refractivity contribution in [2.45, 2.75) is 33.7 Å². The fourth-order valence-electron chi connectivity index (χ4n) is 3.97. The molecule has 32 heavy (non-hydrogen) atoms. The number of methoxy groups -OCH3 is 1. The van der Waals surface area contributed by atoms with Crippen LogP contribution >= 0.6 is 12.2 Å². The van der Waals surface area contributed by atoms with Crippen molar-refractivity contribution >= 4 is 33.9 Å². The molecular formula is C26H29N3O2S. The van der Waals surface area contributed by atoms with E-state index < -0.39 is 0 Å². The van der Waals surface area contributed by atoms with Gasteiger partial charge < -0.3 is 24.4 Å². The molecule has 0 bridgehead atoms. The summed E-state index contributed by atoms with van der Waals surface area (Å²) in [6.07, 6.45) is 2.54. The summed E-state index contributed by atoms with van der Waals surface area (Å²) in [6, 6.07) is 16.4. The van der Waals surface area contributed by atoms with Gasteiger partial charge in [-0.2, -0.15) is 0 Å². The zero-order valence-electron chi connectivity index (χ0n) is 19.0. The van der Waals surface area contributed by atoms with Gasteiger partial charge in [-0.15, -0.1) is 0 Å². The second kappa shape index (κ2) is 9.49. The predicted octanol–water partition coefficient (Wildman–Crippen LogP) is 6.14. The average molecular weight is 448 g/mol. The summed E-state index contributed by atoms with van der Waals surface area (Å²) in [4.78, 5) is 5.65. The Hall–Kier alpha value is -3.25. The van der Waals surface area contributed by atoms with Gasteiger partial charge in [0, 0.05) is 28.8 Å². The molecule has 0 aliphatic rings. The lowest BCUT2D eigenvalue weighted by molar-refractivity contribution is 0.368. The molecule has 5 nitrogen and oxygen atoms in total. The minimum Gasteiger partial charge on any atom is -0.497 e. The van der Waals surface area contributed by atoms with Gasteiger partial charge in [-0.25, -0.2) is 0 Å². The Bertz CT molecular complexity index is 1230. The number of H-pyrrole nitrogens is 1. The first-order valence-electron chi connectivity index (χ1n) is 10.8. The van der Waals surface area contributed by atoms with Crippen LogP contribution in [-0.2, 0) is 13.0 Å². The Labute approximate surface area is 194 Å². The van der Waals surface area contributed by atoms with E-state index in [4.69, 9.17) is 21.4 Å². The van der Waals surface area contributed by atoms with Crippen LogP contribution in [0, 0.1) is 20.8 Å². The fourth-order valence-corrected chi connectivity index (χ4v) is 4.23. The van der Waals surface area contributed by atoms with Crippen molar-refractivity contribution in [3.8, 4) is 5.75 Å². The first kappa shape index (κ1) is 22.0. The van der Waals surface area contributed by atoms with E-state index in [0.29, 0.717) is 11.7 Å². The van der Waals surface area contributed by atoms with Gasteiger partial charge >= 0.3 is 0 Å². The number of nitrogens with one attached hydrogen (secondary N) is 2. The Morgan fingerprint density at radius 2 is 1.97 bits per heavy atom. The lowest BCUT2D eigenvalue weighted by atomic mass is 10.1. The summed E-state index contributed by atoms with van der Waals surface area (Å²) in [6.45, 7) is 7.65. The lowest BCUT2D eigenvalue weighted by Crippen LogP contribution is -2.36. The van der Waals surface area contributed by atoms with Crippen LogP contribution in [-0.4, -0.2) is 28.7 Å². The molecule has 6 heteroatoms. The van der Waals surface area contributed by atoms with Crippen LogP contribution in [0.2, 0.25) is 0 Å². The highest BCUT2D eigenvalue weighted by Gasteiger charge is 2.16. The number of rotatable bonds is 7. The highest BCUT2D eigenvalue weighted by atomic mass is 32.1. The minimum absolute atomic E-state index is 0.606. The van der Waals surface area contributed by atoms with Gasteiger partial charge in [0.2, 0.25) is 0 Å². The molecule has 2 heterocycles. The van der Waals surface area contributed by atoms with Crippen molar-refractivity contribution < 1.29 is 9.15 Å². The first-order valence-corrected chi connectivity index (χ1v) is 11.2. The van der Waals surface area contributed by atoms with E-state index in [-0.39, 0.29) is 0 Å². The fraction of sp³-hybridized carbons (Fsp3) is 0.269. The Morgan fingerprint density at radius 3 is 2.72 bits per heavy atom. The molecule has 0 saturated heterocycles. The molecule has 4 rings (SSSR count). The molecule has 0 spiro atoms. The van der Waals surface area contributed by atoms with Gasteiger partial charge in [-0.1, -0.05) is 12.1 Å². The molecule has 2 aromatic carbocycles. The number of anilines is 1. The van der Waals surface area contributed by atoms with Crippen molar-refractivity contribution in [1.82, 2.24) is 9.88 Å². The van der Waals surface area contributed by atoms with Crippen LogP contribution in [0.3, 0.4) is 0 Å². The van der Waals surface area contributed by atoms with E-state index >= 15 is 0 Å². The summed E-state index contributed by atoms with van der Waals surface area (Å²) >= 11 is 5.84. The third-order valence-corrected chi connectivity index (χ3v) is 6.17. The van der Waals surface area contributed by atoms with E-state index in [1.807, 2.05) is 18.2 Å². The number of hydrogen-bond donors (Lipinski definition) is 2. The largest absolute Gasteiger partial charge is 0.497 e. The van der Waals surface area contributed by atoms with Gasteiger partial charge in [0.15, 0.2) is 5.11 Å². The molecule has 0 aliphatic heterocycles. The van der Waals surface area contributed by atoms with Crippen LogP contribution in [0.5, 0.6) is 5.75 Å². The van der Waals surface area contributed by atoms with Crippen LogP contribution in [0.4, 0.5) is 5.69 Å². The van der Waals surface area contributed by atoms with E-state index in [9.17, 15) is 0 Å². The van der Waals surface area contributed by atoms with Crippen LogP contribution in [0.15, 0.2) is 59.2 Å². The number of thiocarbonyl (C=S) groups is 1. The number of aryl methyl sites for hydroxylation is 3. The van der Waals surface area contributed by atoms with Crippen molar-refractivity contribution in [3.05, 3.63) is 82.9 Å². The van der Waals surface area contributed by atoms with E-state index in [0.717, 1.165) is 41.2 Å². The number of fused-ring (bicyclic) bond motifs is 1. The maximum atomic E-state index is 5.84. The number of benzene rings is 2. The number of aromatic nitrogens is 1. The topological polar surface area (TPSA) is 53.4 Å². The second-order valence-corrected chi connectivity index (χ2v) is 8.53. The number of nitrogens with zero attached hydrogens (tertiary/aromatic N) is 1. The molecular weight excluding hydrogens is 418 g/mol. The predicted molar refractivity (Wildman–Crippen MR) is 135 cm³/mol. The molecule has 0 unspecified atom stereocenters. The number of furan rings is 1. The van der Waals surface area contributed by atoms with E-state index in [1.54, 1.807) is 13.4 Å². The molecule has 0 saturated carbocycles. The van der Waals surface area contributed by atoms with Crippen molar-refractivity contribution in [2.24, 2.45) is 0 Å². The molecule has 0 amide bonds. The molecule has 166 valence electrons. The van der Waals surface area contributed by atoms with Gasteiger partial charge in [0.05, 0.1) is 19.9 Å². The molecule has 4 aromatic rings. The highest BCUT2D eigenvalue weighted by molar-refractivity contribution is 7.80. The Balaban J connectivity index is 1.57. The molecule has 2 aromatic heterocycles. The quantitative estimate of drug-likeness (QED) is 0.334. The third-order valence-electron chi connectivity index (χ3n) is 5.81. The average Bonchev–Trinajstić information content (AvgIpc) is 3.40. The third kappa shape index (κ3) is 4.81. The maximum Gasteiger partial charge on any atom is 0.173 e. The molecule has 0 aliphatic carbocycles. The zero-order chi connectivity index (χ0) is 22.7. The lowest BCUT2D eigenvalue weighted by Gasteiger charge is -2.26. The molecule has 0 atom stereocenters. The monoisotopic (exact) mass is 447 g/mol. The van der Waals surface area contributed by atoms with Crippen LogP contribution in [0.1, 0.15) is 28.1 Å². The standard InChI is InChI=1S/C26H29N3O2S/c1-17-7-8-18(2)25(14-17)28-26(32)29(16-21-6-5-13-31-21)12-11-22-19(3)27-24-10-9-20(30-4)15-23(22)24/h5-10,13-15,27H,11-12,16H2,1-4H3,(H,28,32). The smallest absolute Gasteiger partial charge is 0.173 e. The SMILES string of the molecule is COc1ccc2[nH]c(C)c(CCN(Cc3ccco3)C(=S)Nc3cc(C)ccc3C)c2c1. The molecule has 2 N–H and O–H groups in total. The number of hydrogen-bond acceptors (Lipinski definition) is 3.